The molecule has 58 heavy (non-hydrogen) atoms. The van der Waals surface area contributed by atoms with Gasteiger partial charge in [-0.25, -0.2) is 0 Å². The third-order valence-electron chi connectivity index (χ3n) is 11.1. The van der Waals surface area contributed by atoms with Gasteiger partial charge in [-0.1, -0.05) is 180 Å². The molecule has 0 aromatic heterocycles. The summed E-state index contributed by atoms with van der Waals surface area (Å²) in [6.45, 7) is 6.15. The fraction of sp³-hybridized carbons (Fsp3) is 0.812. The standard InChI is InChI=1S/C48H86Cl2N4O4/c1-3-5-7-9-11-13-15-17-19-21-23-25-27-29-46(55)52-40-44(41-53-47(56)30-28-26-24-22-20-18-16-14-12-10-8-6-4-2)58-48(57)45(51)39-42-31-33-43(34-32-42)54(37-35-49)38-36-50/h31-34,44-45H,3-30,35-41,51H2,1-2H3,(H,52,55)(H,53,56)/t45-/m0/s1. The van der Waals surface area contributed by atoms with Crippen LogP contribution in [0.2, 0.25) is 0 Å². The Kier molecular flexibility index (Phi) is 36.4. The largest absolute Gasteiger partial charge is 0.457 e. The zero-order valence-corrected chi connectivity index (χ0v) is 38.6. The van der Waals surface area contributed by atoms with Crippen molar-refractivity contribution in [3.63, 3.8) is 0 Å². The first-order chi connectivity index (χ1) is 28.3. The number of rotatable bonds is 41. The zero-order valence-electron chi connectivity index (χ0n) is 37.1. The van der Waals surface area contributed by atoms with Crippen LogP contribution in [-0.2, 0) is 25.5 Å². The minimum Gasteiger partial charge on any atom is -0.457 e. The number of hydrogen-bond donors (Lipinski definition) is 3. The first-order valence-electron chi connectivity index (χ1n) is 23.8. The van der Waals surface area contributed by atoms with Crippen molar-refractivity contribution in [2.75, 3.05) is 42.8 Å². The van der Waals surface area contributed by atoms with Crippen molar-refractivity contribution in [2.24, 2.45) is 5.73 Å². The van der Waals surface area contributed by atoms with E-state index in [4.69, 9.17) is 33.7 Å². The molecule has 1 rings (SSSR count). The van der Waals surface area contributed by atoms with Crippen LogP contribution in [-0.4, -0.2) is 67.9 Å². The average Bonchev–Trinajstić information content (AvgIpc) is 3.22. The normalized spacial score (nSPS) is 11.8. The fourth-order valence-corrected chi connectivity index (χ4v) is 7.81. The van der Waals surface area contributed by atoms with E-state index < -0.39 is 18.1 Å². The maximum Gasteiger partial charge on any atom is 0.323 e. The molecule has 8 nitrogen and oxygen atoms in total. The fourth-order valence-electron chi connectivity index (χ4n) is 7.40. The lowest BCUT2D eigenvalue weighted by Gasteiger charge is -2.23. The molecule has 0 saturated carbocycles. The van der Waals surface area contributed by atoms with E-state index in [1.165, 1.54) is 128 Å². The number of ether oxygens (including phenoxy) is 1. The van der Waals surface area contributed by atoms with Crippen LogP contribution in [0.25, 0.3) is 0 Å². The third-order valence-corrected chi connectivity index (χ3v) is 11.5. The number of amides is 2. The molecule has 10 heteroatoms. The minimum absolute atomic E-state index is 0.0656. The van der Waals surface area contributed by atoms with Gasteiger partial charge in [-0.3, -0.25) is 14.4 Å². The monoisotopic (exact) mass is 853 g/mol. The van der Waals surface area contributed by atoms with Crippen LogP contribution in [0.1, 0.15) is 199 Å². The summed E-state index contributed by atoms with van der Waals surface area (Å²) in [7, 11) is 0. The van der Waals surface area contributed by atoms with E-state index in [-0.39, 0.29) is 24.9 Å². The number of nitrogens with zero attached hydrogens (tertiary/aromatic N) is 1. The maximum absolute atomic E-state index is 13.2. The van der Waals surface area contributed by atoms with Gasteiger partial charge in [-0.2, -0.15) is 0 Å². The lowest BCUT2D eigenvalue weighted by molar-refractivity contribution is -0.151. The van der Waals surface area contributed by atoms with Gasteiger partial charge in [-0.15, -0.1) is 23.2 Å². The Labute approximate surface area is 365 Å². The molecular formula is C48H86Cl2N4O4. The van der Waals surface area contributed by atoms with Gasteiger partial charge in [0.2, 0.25) is 11.8 Å². The highest BCUT2D eigenvalue weighted by molar-refractivity contribution is 6.18. The molecule has 0 unspecified atom stereocenters. The first kappa shape index (κ1) is 54.0. The van der Waals surface area contributed by atoms with Gasteiger partial charge in [0.25, 0.3) is 0 Å². The predicted octanol–water partition coefficient (Wildman–Crippen LogP) is 11.9. The smallest absolute Gasteiger partial charge is 0.323 e. The average molecular weight is 854 g/mol. The summed E-state index contributed by atoms with van der Waals surface area (Å²) >= 11 is 11.9. The molecule has 0 fully saturated rings. The Hall–Kier alpha value is -2.03. The highest BCUT2D eigenvalue weighted by Gasteiger charge is 2.22. The van der Waals surface area contributed by atoms with Crippen molar-refractivity contribution < 1.29 is 19.1 Å². The summed E-state index contributed by atoms with van der Waals surface area (Å²) in [4.78, 5) is 40.9. The number of halogens is 2. The Bertz CT molecular complexity index is 1070. The Morgan fingerprint density at radius 3 is 1.26 bits per heavy atom. The van der Waals surface area contributed by atoms with Gasteiger partial charge < -0.3 is 26.0 Å². The Balaban J connectivity index is 2.50. The zero-order chi connectivity index (χ0) is 42.3. The predicted molar refractivity (Wildman–Crippen MR) is 248 cm³/mol. The van der Waals surface area contributed by atoms with Gasteiger partial charge in [0.05, 0.1) is 13.1 Å². The van der Waals surface area contributed by atoms with E-state index in [1.54, 1.807) is 0 Å². The van der Waals surface area contributed by atoms with Gasteiger partial charge in [-0.05, 0) is 37.0 Å². The third kappa shape index (κ3) is 30.9. The van der Waals surface area contributed by atoms with Crippen LogP contribution in [0.3, 0.4) is 0 Å². The number of carbonyl (C=O) groups excluding carboxylic acids is 3. The number of nitrogens with one attached hydrogen (secondary N) is 2. The number of esters is 1. The number of alkyl halides is 2. The molecule has 1 atom stereocenters. The van der Waals surface area contributed by atoms with Crippen LogP contribution < -0.4 is 21.3 Å². The molecule has 1 aromatic rings. The lowest BCUT2D eigenvalue weighted by Crippen LogP contribution is -2.45. The highest BCUT2D eigenvalue weighted by atomic mass is 35.5. The molecule has 0 bridgehead atoms. The van der Waals surface area contributed by atoms with E-state index in [1.807, 2.05) is 24.3 Å². The molecule has 0 radical (unpaired) electrons. The van der Waals surface area contributed by atoms with Crippen LogP contribution in [0, 0.1) is 0 Å². The SMILES string of the molecule is CCCCCCCCCCCCCCCC(=O)NCC(CNC(=O)CCCCCCCCCCCCCCC)OC(=O)[C@@H](N)Cc1ccc(N(CCCl)CCCl)cc1. The van der Waals surface area contributed by atoms with Gasteiger partial charge in [0.1, 0.15) is 12.1 Å². The summed E-state index contributed by atoms with van der Waals surface area (Å²) < 4.78 is 5.82. The van der Waals surface area contributed by atoms with E-state index in [0.29, 0.717) is 44.1 Å². The van der Waals surface area contributed by atoms with Crippen molar-refractivity contribution in [3.05, 3.63) is 29.8 Å². The second-order valence-electron chi connectivity index (χ2n) is 16.5. The number of carbonyl (C=O) groups is 3. The molecule has 0 aliphatic carbocycles. The van der Waals surface area contributed by atoms with E-state index >= 15 is 0 Å². The van der Waals surface area contributed by atoms with Crippen LogP contribution >= 0.6 is 23.2 Å². The summed E-state index contributed by atoms with van der Waals surface area (Å²) in [5, 5.41) is 5.89. The Morgan fingerprint density at radius 2 is 0.914 bits per heavy atom. The summed E-state index contributed by atoms with van der Waals surface area (Å²) in [6, 6.07) is 6.97. The molecule has 336 valence electrons. The van der Waals surface area contributed by atoms with E-state index in [9.17, 15) is 14.4 Å². The Morgan fingerprint density at radius 1 is 0.569 bits per heavy atom. The summed E-state index contributed by atoms with van der Waals surface area (Å²) in [5.41, 5.74) is 8.24. The molecular weight excluding hydrogens is 767 g/mol. The quantitative estimate of drug-likeness (QED) is 0.0343. The molecule has 0 spiro atoms. The molecule has 2 amide bonds. The van der Waals surface area contributed by atoms with Crippen LogP contribution in [0.15, 0.2) is 24.3 Å². The molecule has 0 aliphatic heterocycles. The topological polar surface area (TPSA) is 114 Å². The first-order valence-corrected chi connectivity index (χ1v) is 24.9. The van der Waals surface area contributed by atoms with Crippen molar-refractivity contribution in [3.8, 4) is 0 Å². The number of anilines is 1. The molecule has 4 N–H and O–H groups in total. The number of nitrogens with two attached hydrogens (primary N) is 1. The van der Waals surface area contributed by atoms with E-state index in [0.717, 1.165) is 49.8 Å². The minimum atomic E-state index is -0.891. The number of unbranched alkanes of at least 4 members (excludes halogenated alkanes) is 24. The van der Waals surface area contributed by atoms with Gasteiger partial charge >= 0.3 is 5.97 Å². The molecule has 0 aliphatic rings. The molecule has 0 saturated heterocycles. The number of benzene rings is 1. The van der Waals surface area contributed by atoms with Crippen LogP contribution in [0.4, 0.5) is 5.69 Å². The van der Waals surface area contributed by atoms with Crippen molar-refractivity contribution in [1.29, 1.82) is 0 Å². The van der Waals surface area contributed by atoms with Crippen LogP contribution in [0.5, 0.6) is 0 Å². The van der Waals surface area contributed by atoms with Gasteiger partial charge in [0, 0.05) is 43.4 Å². The maximum atomic E-state index is 13.2. The second-order valence-corrected chi connectivity index (χ2v) is 17.3. The van der Waals surface area contributed by atoms with E-state index in [2.05, 4.69) is 29.4 Å². The van der Waals surface area contributed by atoms with Crippen molar-refractivity contribution in [2.45, 2.75) is 212 Å². The molecule has 0 heterocycles. The van der Waals surface area contributed by atoms with Crippen molar-refractivity contribution in [1.82, 2.24) is 10.6 Å². The second kappa shape index (κ2) is 39.1. The van der Waals surface area contributed by atoms with Gasteiger partial charge in [0.15, 0.2) is 0 Å². The number of hydrogen-bond acceptors (Lipinski definition) is 6. The van der Waals surface area contributed by atoms with Crippen molar-refractivity contribution >= 4 is 46.7 Å². The summed E-state index contributed by atoms with van der Waals surface area (Å²) in [5.74, 6) is 0.303. The highest BCUT2D eigenvalue weighted by Crippen LogP contribution is 2.18. The summed E-state index contributed by atoms with van der Waals surface area (Å²) in [6.07, 6.45) is 33.0. The molecule has 1 aromatic carbocycles. The lowest BCUT2D eigenvalue weighted by atomic mass is 10.0.